The third-order valence-electron chi connectivity index (χ3n) is 3.02. The summed E-state index contributed by atoms with van der Waals surface area (Å²) in [5.74, 6) is 1.49. The molecule has 0 aliphatic rings. The van der Waals surface area contributed by atoms with Crippen molar-refractivity contribution in [3.05, 3.63) is 24.3 Å². The lowest BCUT2D eigenvalue weighted by Crippen LogP contribution is -2.34. The Morgan fingerprint density at radius 3 is 2.38 bits per heavy atom. The smallest absolute Gasteiger partial charge is 0.161 e. The summed E-state index contributed by atoms with van der Waals surface area (Å²) in [5, 5.41) is 0. The van der Waals surface area contributed by atoms with Crippen molar-refractivity contribution in [1.29, 1.82) is 0 Å². The molecule has 0 fully saturated rings. The predicted octanol–water partition coefficient (Wildman–Crippen LogP) is 1.70. The monoisotopic (exact) mass is 312 g/mol. The van der Waals surface area contributed by atoms with Crippen LogP contribution in [-0.4, -0.2) is 57.0 Å². The van der Waals surface area contributed by atoms with Gasteiger partial charge in [-0.3, -0.25) is 4.90 Å². The number of ether oxygens (including phenoxy) is 3. The Hall–Kier alpha value is -1.37. The van der Waals surface area contributed by atoms with E-state index in [4.69, 9.17) is 32.2 Å². The fourth-order valence-electron chi connectivity index (χ4n) is 1.85. The summed E-state index contributed by atoms with van der Waals surface area (Å²) in [6, 6.07) is 7.62. The molecule has 5 nitrogen and oxygen atoms in total. The lowest BCUT2D eigenvalue weighted by atomic mass is 10.3. The lowest BCUT2D eigenvalue weighted by molar-refractivity contribution is 0.136. The number of nitrogens with zero attached hydrogens (tertiary/aromatic N) is 1. The predicted molar refractivity (Wildman–Crippen MR) is 88.2 cm³/mol. The third-order valence-corrected chi connectivity index (χ3v) is 3.22. The number of para-hydroxylation sites is 2. The zero-order valence-corrected chi connectivity index (χ0v) is 13.5. The summed E-state index contributed by atoms with van der Waals surface area (Å²) in [6.45, 7) is 3.67. The van der Waals surface area contributed by atoms with E-state index in [1.165, 1.54) is 0 Å². The second kappa shape index (κ2) is 10.4. The Morgan fingerprint density at radius 2 is 1.76 bits per heavy atom. The first-order chi connectivity index (χ1) is 10.2. The molecule has 0 spiro atoms. The SMILES string of the molecule is COCCN(CCOc1ccccc1OC)CCC(N)=S. The Bertz CT molecular complexity index is 429. The molecule has 2 N–H and O–H groups in total. The number of benzene rings is 1. The van der Waals surface area contributed by atoms with E-state index in [9.17, 15) is 0 Å². The van der Waals surface area contributed by atoms with Gasteiger partial charge in [-0.1, -0.05) is 24.4 Å². The molecule has 6 heteroatoms. The minimum absolute atomic E-state index is 0.531. The standard InChI is InChI=1S/C15H24N2O3S/c1-18-11-9-17(8-7-15(16)21)10-12-20-14-6-4-3-5-13(14)19-2/h3-6H,7-12H2,1-2H3,(H2,16,21). The van der Waals surface area contributed by atoms with Gasteiger partial charge in [-0.15, -0.1) is 0 Å². The zero-order valence-electron chi connectivity index (χ0n) is 12.7. The number of rotatable bonds is 11. The van der Waals surface area contributed by atoms with E-state index in [1.807, 2.05) is 24.3 Å². The van der Waals surface area contributed by atoms with Gasteiger partial charge in [0.25, 0.3) is 0 Å². The molecule has 0 bridgehead atoms. The first kappa shape index (κ1) is 17.7. The number of thiocarbonyl (C=S) groups is 1. The minimum Gasteiger partial charge on any atom is -0.493 e. The van der Waals surface area contributed by atoms with Gasteiger partial charge in [0.2, 0.25) is 0 Å². The van der Waals surface area contributed by atoms with E-state index >= 15 is 0 Å². The van der Waals surface area contributed by atoms with Gasteiger partial charge >= 0.3 is 0 Å². The Morgan fingerprint density at radius 1 is 1.10 bits per heavy atom. The fraction of sp³-hybridized carbons (Fsp3) is 0.533. The molecule has 0 saturated heterocycles. The van der Waals surface area contributed by atoms with E-state index in [0.717, 1.165) is 31.1 Å². The third kappa shape index (κ3) is 7.27. The van der Waals surface area contributed by atoms with Crippen molar-refractivity contribution in [3.63, 3.8) is 0 Å². The van der Waals surface area contributed by atoms with E-state index < -0.39 is 0 Å². The molecule has 0 unspecified atom stereocenters. The van der Waals surface area contributed by atoms with Gasteiger partial charge in [0.05, 0.1) is 18.7 Å². The quantitative estimate of drug-likeness (QED) is 0.628. The first-order valence-electron chi connectivity index (χ1n) is 6.92. The summed E-state index contributed by atoms with van der Waals surface area (Å²) >= 11 is 4.92. The number of hydrogen-bond donors (Lipinski definition) is 1. The Labute approximate surface area is 132 Å². The molecule has 0 aliphatic heterocycles. The molecule has 0 saturated carbocycles. The van der Waals surface area contributed by atoms with Gasteiger partial charge in [-0.25, -0.2) is 0 Å². The molecular formula is C15H24N2O3S. The van der Waals surface area contributed by atoms with Crippen LogP contribution in [-0.2, 0) is 4.74 Å². The first-order valence-corrected chi connectivity index (χ1v) is 7.33. The van der Waals surface area contributed by atoms with Crippen LogP contribution < -0.4 is 15.2 Å². The van der Waals surface area contributed by atoms with Crippen LogP contribution in [0.4, 0.5) is 0 Å². The average molecular weight is 312 g/mol. The molecule has 0 aromatic heterocycles. The Kier molecular flexibility index (Phi) is 8.73. The molecule has 0 amide bonds. The maximum atomic E-state index is 5.77. The Balaban J connectivity index is 2.42. The highest BCUT2D eigenvalue weighted by Gasteiger charge is 2.07. The normalized spacial score (nSPS) is 10.6. The molecule has 21 heavy (non-hydrogen) atoms. The van der Waals surface area contributed by atoms with Crippen LogP contribution in [0.3, 0.4) is 0 Å². The van der Waals surface area contributed by atoms with Crippen molar-refractivity contribution < 1.29 is 14.2 Å². The number of methoxy groups -OCH3 is 2. The van der Waals surface area contributed by atoms with Crippen LogP contribution in [0.5, 0.6) is 11.5 Å². The van der Waals surface area contributed by atoms with E-state index in [2.05, 4.69) is 4.90 Å². The molecule has 118 valence electrons. The van der Waals surface area contributed by atoms with Crippen LogP contribution >= 0.6 is 12.2 Å². The summed E-state index contributed by atoms with van der Waals surface area (Å²) in [7, 11) is 3.33. The van der Waals surface area contributed by atoms with Crippen LogP contribution in [0.25, 0.3) is 0 Å². The molecule has 0 radical (unpaired) electrons. The van der Waals surface area contributed by atoms with Crippen molar-refractivity contribution in [2.45, 2.75) is 6.42 Å². The molecule has 0 aliphatic carbocycles. The zero-order chi connectivity index (χ0) is 15.5. The fourth-order valence-corrected chi connectivity index (χ4v) is 1.94. The van der Waals surface area contributed by atoms with Crippen LogP contribution in [0.1, 0.15) is 6.42 Å². The maximum absolute atomic E-state index is 5.77. The van der Waals surface area contributed by atoms with Gasteiger partial charge in [0, 0.05) is 33.2 Å². The van der Waals surface area contributed by atoms with Crippen LogP contribution in [0.2, 0.25) is 0 Å². The highest BCUT2D eigenvalue weighted by Crippen LogP contribution is 2.25. The van der Waals surface area contributed by atoms with Crippen LogP contribution in [0.15, 0.2) is 24.3 Å². The summed E-state index contributed by atoms with van der Waals surface area (Å²) in [6.07, 6.45) is 0.702. The van der Waals surface area contributed by atoms with Crippen LogP contribution in [0, 0.1) is 0 Å². The molecule has 1 aromatic carbocycles. The largest absolute Gasteiger partial charge is 0.493 e. The van der Waals surface area contributed by atoms with Gasteiger partial charge in [0.1, 0.15) is 6.61 Å². The molecule has 1 rings (SSSR count). The lowest BCUT2D eigenvalue weighted by Gasteiger charge is -2.22. The number of nitrogens with two attached hydrogens (primary N) is 1. The van der Waals surface area contributed by atoms with Gasteiger partial charge < -0.3 is 19.9 Å². The highest BCUT2D eigenvalue weighted by molar-refractivity contribution is 7.80. The van der Waals surface area contributed by atoms with Crippen molar-refractivity contribution in [2.24, 2.45) is 5.73 Å². The second-order valence-electron chi connectivity index (χ2n) is 4.55. The number of hydrogen-bond acceptors (Lipinski definition) is 5. The van der Waals surface area contributed by atoms with E-state index in [0.29, 0.717) is 24.6 Å². The summed E-state index contributed by atoms with van der Waals surface area (Å²) < 4.78 is 16.1. The molecule has 0 heterocycles. The van der Waals surface area contributed by atoms with E-state index in [1.54, 1.807) is 14.2 Å². The van der Waals surface area contributed by atoms with Crippen molar-refractivity contribution in [3.8, 4) is 11.5 Å². The van der Waals surface area contributed by atoms with Gasteiger partial charge in [0.15, 0.2) is 11.5 Å². The van der Waals surface area contributed by atoms with Gasteiger partial charge in [-0.05, 0) is 12.1 Å². The molecule has 1 aromatic rings. The van der Waals surface area contributed by atoms with E-state index in [-0.39, 0.29) is 0 Å². The topological polar surface area (TPSA) is 57.0 Å². The van der Waals surface area contributed by atoms with Crippen molar-refractivity contribution in [1.82, 2.24) is 4.90 Å². The second-order valence-corrected chi connectivity index (χ2v) is 5.07. The minimum atomic E-state index is 0.531. The van der Waals surface area contributed by atoms with Crippen molar-refractivity contribution >= 4 is 17.2 Å². The molecular weight excluding hydrogens is 288 g/mol. The van der Waals surface area contributed by atoms with Gasteiger partial charge in [-0.2, -0.15) is 0 Å². The molecule has 0 atom stereocenters. The maximum Gasteiger partial charge on any atom is 0.161 e. The summed E-state index contributed by atoms with van der Waals surface area (Å²) in [5.41, 5.74) is 5.55. The highest BCUT2D eigenvalue weighted by atomic mass is 32.1. The average Bonchev–Trinajstić information content (AvgIpc) is 2.49. The van der Waals surface area contributed by atoms with Crippen molar-refractivity contribution in [2.75, 3.05) is 47.1 Å². The summed E-state index contributed by atoms with van der Waals surface area (Å²) in [4.78, 5) is 2.75.